The Kier molecular flexibility index (Phi) is 7.70. The van der Waals surface area contributed by atoms with Gasteiger partial charge in [-0.2, -0.15) is 5.10 Å². The van der Waals surface area contributed by atoms with Crippen molar-refractivity contribution in [2.24, 2.45) is 0 Å². The number of anilines is 1. The zero-order valence-corrected chi connectivity index (χ0v) is 28.7. The van der Waals surface area contributed by atoms with Crippen LogP contribution in [0.3, 0.4) is 0 Å². The molecule has 4 aromatic carbocycles. The molecule has 250 valence electrons. The quantitative estimate of drug-likeness (QED) is 0.195. The highest BCUT2D eigenvalue weighted by molar-refractivity contribution is 6.31. The molecule has 2 amide bonds. The van der Waals surface area contributed by atoms with Crippen LogP contribution in [0.2, 0.25) is 10.0 Å². The topological polar surface area (TPSA) is 88.5 Å². The van der Waals surface area contributed by atoms with E-state index in [4.69, 9.17) is 33.0 Å². The summed E-state index contributed by atoms with van der Waals surface area (Å²) in [7, 11) is 1.60. The van der Waals surface area contributed by atoms with Crippen molar-refractivity contribution < 1.29 is 18.7 Å². The Hall–Kier alpha value is -4.44. The van der Waals surface area contributed by atoms with Crippen molar-refractivity contribution >= 4 is 51.6 Å². The monoisotopic (exact) mass is 697 g/mol. The summed E-state index contributed by atoms with van der Waals surface area (Å²) in [6.45, 7) is 4.78. The van der Waals surface area contributed by atoms with Gasteiger partial charge in [0.05, 0.1) is 23.2 Å². The number of halogens is 3. The van der Waals surface area contributed by atoms with Gasteiger partial charge in [0, 0.05) is 65.7 Å². The van der Waals surface area contributed by atoms with Gasteiger partial charge in [-0.3, -0.25) is 19.2 Å². The second-order valence-electron chi connectivity index (χ2n) is 13.1. The lowest BCUT2D eigenvalue weighted by Crippen LogP contribution is -2.61. The van der Waals surface area contributed by atoms with Crippen molar-refractivity contribution in [1.82, 2.24) is 20.0 Å². The highest BCUT2D eigenvalue weighted by atomic mass is 35.5. The van der Waals surface area contributed by atoms with E-state index in [0.29, 0.717) is 53.3 Å². The van der Waals surface area contributed by atoms with Crippen LogP contribution in [0.4, 0.5) is 10.1 Å². The molecule has 1 saturated heterocycles. The summed E-state index contributed by atoms with van der Waals surface area (Å²) in [6.07, 6.45) is 0.877. The first kappa shape index (κ1) is 31.8. The van der Waals surface area contributed by atoms with Crippen molar-refractivity contribution in [3.63, 3.8) is 0 Å². The lowest BCUT2D eigenvalue weighted by Gasteiger charge is -2.46. The van der Waals surface area contributed by atoms with Gasteiger partial charge in [0.15, 0.2) is 0 Å². The van der Waals surface area contributed by atoms with Crippen LogP contribution in [0.1, 0.15) is 57.2 Å². The number of hydrogen-bond donors (Lipinski definition) is 2. The Morgan fingerprint density at radius 3 is 2.73 bits per heavy atom. The van der Waals surface area contributed by atoms with Gasteiger partial charge < -0.3 is 15.4 Å². The van der Waals surface area contributed by atoms with Gasteiger partial charge in [0.2, 0.25) is 5.91 Å². The molecular formula is C38H34Cl2FN5O3. The smallest absolute Gasteiger partial charge is 0.251 e. The molecular weight excluding hydrogens is 664 g/mol. The third kappa shape index (κ3) is 4.85. The fourth-order valence-electron chi connectivity index (χ4n) is 8.50. The van der Waals surface area contributed by atoms with E-state index in [1.54, 1.807) is 25.2 Å². The van der Waals surface area contributed by atoms with Crippen LogP contribution >= 0.6 is 23.2 Å². The van der Waals surface area contributed by atoms with Gasteiger partial charge in [-0.1, -0.05) is 53.5 Å². The molecule has 5 aromatic rings. The number of carbonyl (C=O) groups is 2. The molecule has 0 unspecified atom stereocenters. The van der Waals surface area contributed by atoms with Crippen LogP contribution < -0.4 is 15.4 Å². The standard InChI is InChI=1S/C38H34Cl2FN5O3/c1-4-49-24-8-5-7-21(14-24)19-45-32-17-31-27-13-20(2)26(36(47)42-3)16-30(27)44-46(31)35(32)33(25-9-6-10-28(40)34(25)41)38(45)18-22-11-12-23(39)15-29(22)43-37(38)48/h5-16,32-33,35H,4,17-19H2,1-3H3,(H,42,47)(H,43,48)/t32-,33-,35+,38+/m0/s1. The van der Waals surface area contributed by atoms with E-state index in [9.17, 15) is 9.59 Å². The molecule has 4 atom stereocenters. The Labute approximate surface area is 293 Å². The Balaban J connectivity index is 1.37. The predicted molar refractivity (Wildman–Crippen MR) is 188 cm³/mol. The maximum Gasteiger partial charge on any atom is 0.251 e. The number of rotatable bonds is 6. The molecule has 1 fully saturated rings. The first-order chi connectivity index (χ1) is 23.6. The van der Waals surface area contributed by atoms with E-state index < -0.39 is 23.3 Å². The van der Waals surface area contributed by atoms with Crippen molar-refractivity contribution in [2.75, 3.05) is 19.0 Å². The van der Waals surface area contributed by atoms with Crippen molar-refractivity contribution in [2.45, 2.75) is 56.8 Å². The number of amides is 2. The van der Waals surface area contributed by atoms with Crippen molar-refractivity contribution in [3.8, 4) is 5.75 Å². The molecule has 1 aromatic heterocycles. The van der Waals surface area contributed by atoms with E-state index in [0.717, 1.165) is 33.5 Å². The summed E-state index contributed by atoms with van der Waals surface area (Å²) in [5.74, 6) is -0.932. The van der Waals surface area contributed by atoms with Crippen LogP contribution in [0.5, 0.6) is 5.75 Å². The van der Waals surface area contributed by atoms with Gasteiger partial charge in [-0.25, -0.2) is 4.39 Å². The lowest BCUT2D eigenvalue weighted by atomic mass is 9.71. The molecule has 0 saturated carbocycles. The average molecular weight is 699 g/mol. The summed E-state index contributed by atoms with van der Waals surface area (Å²) >= 11 is 12.8. The van der Waals surface area contributed by atoms with Crippen molar-refractivity contribution in [3.05, 3.63) is 122 Å². The number of aromatic nitrogens is 2. The van der Waals surface area contributed by atoms with Gasteiger partial charge in [-0.15, -0.1) is 0 Å². The summed E-state index contributed by atoms with van der Waals surface area (Å²) < 4.78 is 24.3. The minimum absolute atomic E-state index is 0.00911. The fraction of sp³-hybridized carbons (Fsp3) is 0.289. The Morgan fingerprint density at radius 1 is 1.12 bits per heavy atom. The number of aryl methyl sites for hydroxylation is 1. The van der Waals surface area contributed by atoms with Gasteiger partial charge in [0.1, 0.15) is 17.1 Å². The molecule has 8 rings (SSSR count). The van der Waals surface area contributed by atoms with Crippen LogP contribution in [0, 0.1) is 12.7 Å². The molecule has 0 radical (unpaired) electrons. The predicted octanol–water partition coefficient (Wildman–Crippen LogP) is 7.25. The molecule has 3 aliphatic rings. The van der Waals surface area contributed by atoms with Crippen LogP contribution in [-0.2, 0) is 24.2 Å². The second-order valence-corrected chi connectivity index (χ2v) is 13.9. The first-order valence-corrected chi connectivity index (χ1v) is 17.2. The highest BCUT2D eigenvalue weighted by Gasteiger charge is 2.67. The number of fused-ring (bicyclic) bond motifs is 6. The third-order valence-corrected chi connectivity index (χ3v) is 11.0. The van der Waals surface area contributed by atoms with E-state index in [-0.39, 0.29) is 22.9 Å². The first-order valence-electron chi connectivity index (χ1n) is 16.4. The van der Waals surface area contributed by atoms with Gasteiger partial charge in [0.25, 0.3) is 5.91 Å². The molecule has 2 N–H and O–H groups in total. The Bertz CT molecular complexity index is 2190. The molecule has 11 heteroatoms. The maximum absolute atomic E-state index is 16.4. The average Bonchev–Trinajstić information content (AvgIpc) is 3.69. The molecule has 4 heterocycles. The lowest BCUT2D eigenvalue weighted by molar-refractivity contribution is -0.129. The SMILES string of the molecule is CCOc1cccc(CN2[C@H]3Cc4c5cc(C)c(C(=O)NC)cc5nn4[C@H]3[C@H](c3cccc(Cl)c3F)[C@@]23Cc2ccc(Cl)cc2NC3=O)c1. The van der Waals surface area contributed by atoms with Crippen LogP contribution in [0.15, 0.2) is 72.8 Å². The number of carbonyl (C=O) groups excluding carboxylic acids is 2. The molecule has 3 aliphatic heterocycles. The fourth-order valence-corrected chi connectivity index (χ4v) is 8.85. The summed E-state index contributed by atoms with van der Waals surface area (Å²) in [5.41, 5.74) is 4.67. The second kappa shape index (κ2) is 11.9. The van der Waals surface area contributed by atoms with Crippen LogP contribution in [-0.4, -0.2) is 51.7 Å². The normalized spacial score (nSPS) is 22.6. The molecule has 49 heavy (non-hydrogen) atoms. The van der Waals surface area contributed by atoms with Gasteiger partial charge >= 0.3 is 0 Å². The van der Waals surface area contributed by atoms with E-state index in [1.807, 2.05) is 67.1 Å². The van der Waals surface area contributed by atoms with Gasteiger partial charge in [-0.05, 0) is 78.6 Å². The number of nitrogens with one attached hydrogen (secondary N) is 2. The minimum atomic E-state index is -1.23. The van der Waals surface area contributed by atoms with E-state index in [1.165, 1.54) is 6.07 Å². The number of ether oxygens (including phenoxy) is 1. The zero-order chi connectivity index (χ0) is 34.2. The largest absolute Gasteiger partial charge is 0.494 e. The highest BCUT2D eigenvalue weighted by Crippen LogP contribution is 2.60. The molecule has 0 bridgehead atoms. The maximum atomic E-state index is 16.4. The van der Waals surface area contributed by atoms with Crippen molar-refractivity contribution in [1.29, 1.82) is 0 Å². The summed E-state index contributed by atoms with van der Waals surface area (Å²) in [4.78, 5) is 29.9. The molecule has 8 nitrogen and oxygen atoms in total. The zero-order valence-electron chi connectivity index (χ0n) is 27.2. The number of hydrogen-bond acceptors (Lipinski definition) is 5. The Morgan fingerprint density at radius 2 is 1.94 bits per heavy atom. The summed E-state index contributed by atoms with van der Waals surface area (Å²) in [6, 6.07) is 21.6. The molecule has 0 aliphatic carbocycles. The number of nitrogens with zero attached hydrogens (tertiary/aromatic N) is 3. The minimum Gasteiger partial charge on any atom is -0.494 e. The third-order valence-electron chi connectivity index (χ3n) is 10.5. The number of likely N-dealkylation sites (tertiary alicyclic amines) is 1. The van der Waals surface area contributed by atoms with E-state index >= 15 is 4.39 Å². The number of benzene rings is 4. The summed E-state index contributed by atoms with van der Waals surface area (Å²) in [5, 5.41) is 12.4. The van der Waals surface area contributed by atoms with E-state index in [2.05, 4.69) is 15.5 Å². The molecule has 1 spiro atoms. The van der Waals surface area contributed by atoms with Crippen LogP contribution in [0.25, 0.3) is 10.9 Å².